The van der Waals surface area contributed by atoms with Crippen LogP contribution in [0.2, 0.25) is 0 Å². The summed E-state index contributed by atoms with van der Waals surface area (Å²) in [7, 11) is 0. The number of benzene rings is 2. The standard InChI is InChI=1S/C21H21N3O2/c1-3-26-19-7-5-4-6-16(19)17-12-20(25)23-21-18(17)13-22-24(21)15-10-8-14(2)9-11-15/h4-11,13,17H,3,12H2,1-2H3,(H,23,25)/t17-/m1/s1. The first-order valence-corrected chi connectivity index (χ1v) is 8.84. The Morgan fingerprint density at radius 1 is 1.15 bits per heavy atom. The molecule has 2 aromatic carbocycles. The number of aromatic nitrogens is 2. The second-order valence-electron chi connectivity index (χ2n) is 6.47. The summed E-state index contributed by atoms with van der Waals surface area (Å²) in [6.45, 7) is 4.60. The van der Waals surface area contributed by atoms with E-state index in [0.717, 1.165) is 28.4 Å². The average molecular weight is 347 g/mol. The Hall–Kier alpha value is -3.08. The maximum absolute atomic E-state index is 12.4. The van der Waals surface area contributed by atoms with Crippen molar-refractivity contribution < 1.29 is 9.53 Å². The van der Waals surface area contributed by atoms with Gasteiger partial charge < -0.3 is 10.1 Å². The van der Waals surface area contributed by atoms with E-state index in [-0.39, 0.29) is 11.8 Å². The summed E-state index contributed by atoms with van der Waals surface area (Å²) in [6, 6.07) is 16.0. The van der Waals surface area contributed by atoms with Crippen LogP contribution in [0, 0.1) is 6.92 Å². The molecule has 5 nitrogen and oxygen atoms in total. The van der Waals surface area contributed by atoms with Gasteiger partial charge in [-0.3, -0.25) is 4.79 Å². The summed E-state index contributed by atoms with van der Waals surface area (Å²) >= 11 is 0. The Morgan fingerprint density at radius 3 is 2.69 bits per heavy atom. The number of carbonyl (C=O) groups excluding carboxylic acids is 1. The Morgan fingerprint density at radius 2 is 1.92 bits per heavy atom. The van der Waals surface area contributed by atoms with Gasteiger partial charge in [-0.05, 0) is 32.0 Å². The molecule has 0 aliphatic carbocycles. The normalized spacial score (nSPS) is 16.1. The van der Waals surface area contributed by atoms with E-state index in [2.05, 4.69) is 10.4 Å². The minimum atomic E-state index is -0.0688. The van der Waals surface area contributed by atoms with Crippen LogP contribution < -0.4 is 10.1 Å². The number of nitrogens with zero attached hydrogens (tertiary/aromatic N) is 2. The second kappa shape index (κ2) is 6.67. The van der Waals surface area contributed by atoms with E-state index in [1.807, 2.05) is 68.6 Å². The quantitative estimate of drug-likeness (QED) is 0.774. The third-order valence-corrected chi connectivity index (χ3v) is 4.69. The van der Waals surface area contributed by atoms with Gasteiger partial charge in [0.1, 0.15) is 11.6 Å². The highest BCUT2D eigenvalue weighted by atomic mass is 16.5. The van der Waals surface area contributed by atoms with Gasteiger partial charge in [-0.1, -0.05) is 35.9 Å². The first kappa shape index (κ1) is 16.4. The number of aryl methyl sites for hydroxylation is 1. The van der Waals surface area contributed by atoms with E-state index in [0.29, 0.717) is 13.0 Å². The van der Waals surface area contributed by atoms with Gasteiger partial charge in [0, 0.05) is 23.5 Å². The fourth-order valence-electron chi connectivity index (χ4n) is 3.43. The van der Waals surface area contributed by atoms with Gasteiger partial charge in [-0.15, -0.1) is 0 Å². The van der Waals surface area contributed by atoms with Crippen molar-refractivity contribution in [2.45, 2.75) is 26.2 Å². The highest BCUT2D eigenvalue weighted by Crippen LogP contribution is 2.41. The minimum Gasteiger partial charge on any atom is -0.494 e. The number of ether oxygens (including phenoxy) is 1. The molecule has 3 aromatic rings. The predicted octanol–water partition coefficient (Wildman–Crippen LogP) is 4.05. The molecule has 0 radical (unpaired) electrons. The summed E-state index contributed by atoms with van der Waals surface area (Å²) < 4.78 is 7.58. The lowest BCUT2D eigenvalue weighted by atomic mass is 9.87. The molecule has 0 saturated carbocycles. The van der Waals surface area contributed by atoms with E-state index in [1.54, 1.807) is 4.68 Å². The molecule has 0 fully saturated rings. The fraction of sp³-hybridized carbons (Fsp3) is 0.238. The first-order valence-electron chi connectivity index (χ1n) is 8.84. The van der Waals surface area contributed by atoms with Crippen LogP contribution in [0.1, 0.15) is 36.0 Å². The van der Waals surface area contributed by atoms with Crippen molar-refractivity contribution in [1.82, 2.24) is 9.78 Å². The van der Waals surface area contributed by atoms with Crippen LogP contribution in [0.4, 0.5) is 5.82 Å². The number of para-hydroxylation sites is 1. The number of hydrogen-bond acceptors (Lipinski definition) is 3. The largest absolute Gasteiger partial charge is 0.494 e. The molecule has 1 aliphatic heterocycles. The number of hydrogen-bond donors (Lipinski definition) is 1. The van der Waals surface area contributed by atoms with Gasteiger partial charge in [-0.25, -0.2) is 4.68 Å². The van der Waals surface area contributed by atoms with Gasteiger partial charge in [0.05, 0.1) is 18.5 Å². The van der Waals surface area contributed by atoms with Crippen LogP contribution in [0.25, 0.3) is 5.69 Å². The number of amides is 1. The molecule has 0 bridgehead atoms. The first-order chi connectivity index (χ1) is 12.7. The van der Waals surface area contributed by atoms with E-state index in [4.69, 9.17) is 4.74 Å². The van der Waals surface area contributed by atoms with E-state index in [1.165, 1.54) is 5.56 Å². The molecular formula is C21H21N3O2. The molecule has 1 aliphatic rings. The molecule has 0 saturated heterocycles. The SMILES string of the molecule is CCOc1ccccc1[C@H]1CC(=O)Nc2c1cnn2-c1ccc(C)cc1. The van der Waals surface area contributed by atoms with Crippen molar-refractivity contribution in [3.8, 4) is 11.4 Å². The average Bonchev–Trinajstić information content (AvgIpc) is 3.06. The number of rotatable bonds is 4. The zero-order valence-electron chi connectivity index (χ0n) is 14.9. The topological polar surface area (TPSA) is 56.1 Å². The van der Waals surface area contributed by atoms with E-state index >= 15 is 0 Å². The van der Waals surface area contributed by atoms with Gasteiger partial charge in [0.15, 0.2) is 0 Å². The van der Waals surface area contributed by atoms with Gasteiger partial charge in [0.2, 0.25) is 5.91 Å². The van der Waals surface area contributed by atoms with Gasteiger partial charge in [0.25, 0.3) is 0 Å². The van der Waals surface area contributed by atoms with Gasteiger partial charge >= 0.3 is 0 Å². The Kier molecular flexibility index (Phi) is 4.21. The summed E-state index contributed by atoms with van der Waals surface area (Å²) in [5.41, 5.74) is 4.14. The molecule has 4 rings (SSSR count). The predicted molar refractivity (Wildman–Crippen MR) is 101 cm³/mol. The van der Waals surface area contributed by atoms with Crippen molar-refractivity contribution in [2.24, 2.45) is 0 Å². The van der Waals surface area contributed by atoms with Crippen LogP contribution in [0.3, 0.4) is 0 Å². The Bertz CT molecular complexity index is 944. The molecule has 26 heavy (non-hydrogen) atoms. The summed E-state index contributed by atoms with van der Waals surface area (Å²) in [4.78, 5) is 12.4. The highest BCUT2D eigenvalue weighted by molar-refractivity contribution is 5.94. The van der Waals surface area contributed by atoms with Crippen molar-refractivity contribution in [3.05, 3.63) is 71.4 Å². The molecule has 2 heterocycles. The van der Waals surface area contributed by atoms with Crippen molar-refractivity contribution in [3.63, 3.8) is 0 Å². The lowest BCUT2D eigenvalue weighted by molar-refractivity contribution is -0.116. The molecule has 0 unspecified atom stereocenters. The van der Waals surface area contributed by atoms with E-state index < -0.39 is 0 Å². The lowest BCUT2D eigenvalue weighted by Crippen LogP contribution is -2.24. The highest BCUT2D eigenvalue weighted by Gasteiger charge is 2.31. The van der Waals surface area contributed by atoms with E-state index in [9.17, 15) is 4.79 Å². The maximum Gasteiger partial charge on any atom is 0.226 e. The van der Waals surface area contributed by atoms with Crippen molar-refractivity contribution in [2.75, 3.05) is 11.9 Å². The fourth-order valence-corrected chi connectivity index (χ4v) is 3.43. The van der Waals surface area contributed by atoms with Gasteiger partial charge in [-0.2, -0.15) is 5.10 Å². The lowest BCUT2D eigenvalue weighted by Gasteiger charge is -2.25. The number of fused-ring (bicyclic) bond motifs is 1. The molecule has 1 N–H and O–H groups in total. The number of carbonyl (C=O) groups is 1. The van der Waals surface area contributed by atoms with Crippen LogP contribution in [-0.4, -0.2) is 22.3 Å². The summed E-state index contributed by atoms with van der Waals surface area (Å²) in [6.07, 6.45) is 2.23. The zero-order valence-corrected chi connectivity index (χ0v) is 14.9. The number of nitrogens with one attached hydrogen (secondary N) is 1. The van der Waals surface area contributed by atoms with Crippen LogP contribution in [0.5, 0.6) is 5.75 Å². The zero-order chi connectivity index (χ0) is 18.1. The van der Waals surface area contributed by atoms with Crippen LogP contribution in [-0.2, 0) is 4.79 Å². The van der Waals surface area contributed by atoms with Crippen molar-refractivity contribution >= 4 is 11.7 Å². The molecule has 5 heteroatoms. The molecular weight excluding hydrogens is 326 g/mol. The van der Waals surface area contributed by atoms with Crippen LogP contribution in [0.15, 0.2) is 54.7 Å². The summed E-state index contributed by atoms with van der Waals surface area (Å²) in [5, 5.41) is 7.54. The molecule has 1 aromatic heterocycles. The third-order valence-electron chi connectivity index (χ3n) is 4.69. The monoisotopic (exact) mass is 347 g/mol. The molecule has 1 amide bonds. The summed E-state index contributed by atoms with van der Waals surface area (Å²) in [5.74, 6) is 1.48. The third kappa shape index (κ3) is 2.86. The minimum absolute atomic E-state index is 0.0114. The maximum atomic E-state index is 12.4. The molecule has 0 spiro atoms. The Labute approximate surface area is 152 Å². The molecule has 1 atom stereocenters. The molecule has 132 valence electrons. The second-order valence-corrected chi connectivity index (χ2v) is 6.47. The smallest absolute Gasteiger partial charge is 0.226 e. The van der Waals surface area contributed by atoms with Crippen LogP contribution >= 0.6 is 0 Å². The Balaban J connectivity index is 1.80. The number of anilines is 1. The van der Waals surface area contributed by atoms with Crippen molar-refractivity contribution in [1.29, 1.82) is 0 Å².